The number of anilines is 1. The number of aliphatic hydroxyl groups is 1. The highest BCUT2D eigenvalue weighted by molar-refractivity contribution is 5.89. The van der Waals surface area contributed by atoms with Gasteiger partial charge in [0.25, 0.3) is 1.43 Å². The van der Waals surface area contributed by atoms with Gasteiger partial charge in [-0.3, -0.25) is 0 Å². The van der Waals surface area contributed by atoms with Crippen molar-refractivity contribution in [3.8, 4) is 11.1 Å². The molecule has 0 unspecified atom stereocenters. The summed E-state index contributed by atoms with van der Waals surface area (Å²) < 4.78 is 190. The first-order valence-electron chi connectivity index (χ1n) is 19.0. The number of hydrogen-bond acceptors (Lipinski definition) is 5. The Hall–Kier alpha value is -3.15. The lowest BCUT2D eigenvalue weighted by Gasteiger charge is -2.14. The van der Waals surface area contributed by atoms with Crippen LogP contribution >= 0.6 is 0 Å². The molecule has 29 heavy (non-hydrogen) atoms. The summed E-state index contributed by atoms with van der Waals surface area (Å²) >= 11 is 0. The molecule has 3 aromatic rings. The van der Waals surface area contributed by atoms with Crippen molar-refractivity contribution in [3.05, 3.63) is 89.2 Å². The molecular weight excluding hydrogens is 364 g/mol. The Morgan fingerprint density at radius 2 is 1.93 bits per heavy atom. The molecule has 0 bridgehead atoms. The molecule has 0 spiro atoms. The minimum atomic E-state index is -4.25. The van der Waals surface area contributed by atoms with E-state index >= 15 is 0 Å². The minimum Gasteiger partial charge on any atom is -0.478 e. The first-order valence-corrected chi connectivity index (χ1v) is 7.76. The summed E-state index contributed by atoms with van der Waals surface area (Å²) in [6.45, 7) is -11.5. The van der Waals surface area contributed by atoms with Gasteiger partial charge in [0.1, 0.15) is 1.41 Å². The molecule has 0 saturated carbocycles. The van der Waals surface area contributed by atoms with Crippen molar-refractivity contribution in [2.75, 3.05) is 24.8 Å². The topological polar surface area (TPSA) is 81.6 Å². The van der Waals surface area contributed by atoms with E-state index in [1.807, 2.05) is 0 Å². The van der Waals surface area contributed by atoms with Gasteiger partial charge in [0.05, 0.1) is 32.2 Å². The van der Waals surface area contributed by atoms with Gasteiger partial charge in [-0.05, 0) is 47.8 Å². The van der Waals surface area contributed by atoms with E-state index in [1.165, 1.54) is 0 Å². The molecule has 5 heteroatoms. The van der Waals surface area contributed by atoms with Crippen LogP contribution in [0.2, 0.25) is 2.82 Å². The Balaban J connectivity index is 2.34. The van der Waals surface area contributed by atoms with Crippen molar-refractivity contribution in [1.29, 1.82) is 2.86 Å². The number of carboxylic acids is 1. The molecule has 150 valence electrons. The standard InChI is InChI=1S/C24H26N2O3/c1-17-5-2-8-20(13-17)23(27)16-25-11-12-26-22-10-4-7-19(15-22)18-6-3-9-21(14-18)24(28)29/h2-10,13-15,23,25-27H,11-12,16H2,1H3,(H,28,29)/t23-/m0/s1/i2D,3D,4D,5D,6D,7D,8D,9D,10D,11D2,12D2,13D,14D,15D,16D2,23D,27D/hD3. The Bertz CT molecular complexity index is 1940. The summed E-state index contributed by atoms with van der Waals surface area (Å²) in [5.74, 6) is -1.68. The molecule has 0 aliphatic rings. The van der Waals surface area contributed by atoms with Crippen LogP contribution in [0, 0.1) is 6.92 Å². The van der Waals surface area contributed by atoms with Gasteiger partial charge >= 0.3 is 5.97 Å². The Morgan fingerprint density at radius 1 is 1.14 bits per heavy atom. The monoisotopic (exact) mass is 413 g/mol. The van der Waals surface area contributed by atoms with Gasteiger partial charge in [-0.15, -0.1) is 0 Å². The predicted octanol–water partition coefficient (Wildman–Crippen LogP) is 4.10. The summed E-state index contributed by atoms with van der Waals surface area (Å²) in [7, 11) is 0. The van der Waals surface area contributed by atoms with Crippen molar-refractivity contribution in [2.24, 2.45) is 0 Å². The highest BCUT2D eigenvalue weighted by atomic mass is 16.4. The van der Waals surface area contributed by atoms with Gasteiger partial charge in [0.2, 0.25) is 1.43 Å². The van der Waals surface area contributed by atoms with E-state index in [4.69, 9.17) is 31.7 Å². The molecule has 0 fully saturated rings. The summed E-state index contributed by atoms with van der Waals surface area (Å²) in [5.41, 5.74) is -6.20. The van der Waals surface area contributed by atoms with Crippen LogP contribution in [0.5, 0.6) is 0 Å². The highest BCUT2D eigenvalue weighted by Gasteiger charge is 2.07. The SMILES string of the molecule is [2H]OC(=O)c1c([2H])c([2H])c([2H])c(-c2c([2H])c([2H])c([2H])c(N([2H])C([2H])([2H])C([2H])([2H])N([2H])C([2H])([2H])[C@]([2H])(O[2H])c3c([2H])c([2H])c([2H])c(C)c3[2H])c2[2H])c1[2H]. The summed E-state index contributed by atoms with van der Waals surface area (Å²) in [6.07, 6.45) is -3.81. The van der Waals surface area contributed by atoms with Crippen molar-refractivity contribution in [3.63, 3.8) is 0 Å². The highest BCUT2D eigenvalue weighted by Crippen LogP contribution is 2.23. The second kappa shape index (κ2) is 9.87. The van der Waals surface area contributed by atoms with Gasteiger partial charge in [-0.25, -0.2) is 4.79 Å². The van der Waals surface area contributed by atoms with E-state index in [0.717, 1.165) is 6.92 Å². The molecule has 3 rings (SSSR count). The number of carboxylic acid groups (broad SMARTS) is 1. The molecule has 0 radical (unpaired) electrons. The Morgan fingerprint density at radius 3 is 2.76 bits per heavy atom. The largest absolute Gasteiger partial charge is 0.478 e. The van der Waals surface area contributed by atoms with Gasteiger partial charge in [-0.2, -0.15) is 0 Å². The van der Waals surface area contributed by atoms with E-state index in [1.54, 1.807) is 0 Å². The second-order valence-corrected chi connectivity index (χ2v) is 5.15. The first kappa shape index (κ1) is 6.17. The van der Waals surface area contributed by atoms with Gasteiger partial charge < -0.3 is 20.8 Å². The van der Waals surface area contributed by atoms with E-state index in [-0.39, 0.29) is 0 Å². The molecule has 5 nitrogen and oxygen atoms in total. The molecule has 0 amide bonds. The lowest BCUT2D eigenvalue weighted by Crippen LogP contribution is -2.26. The molecule has 0 saturated heterocycles. The number of rotatable bonds is 10. The van der Waals surface area contributed by atoms with E-state index in [0.29, 0.717) is 0 Å². The zero-order valence-corrected chi connectivity index (χ0v) is 14.6. The third-order valence-electron chi connectivity index (χ3n) is 3.10. The second-order valence-electron chi connectivity index (χ2n) is 5.15. The Kier molecular flexibility index (Phi) is 2.10. The van der Waals surface area contributed by atoms with E-state index in [9.17, 15) is 4.79 Å². The van der Waals surface area contributed by atoms with Crippen LogP contribution in [0.3, 0.4) is 0 Å². The lowest BCUT2D eigenvalue weighted by atomic mass is 10.0. The number of carbonyl (C=O) groups is 1. The average Bonchev–Trinajstić information content (AvgIpc) is 3.08. The van der Waals surface area contributed by atoms with Gasteiger partial charge in [0.15, 0.2) is 1.41 Å². The molecule has 1 atom stereocenters. The number of hydrogen-bond donors (Lipinski definition) is 4. The maximum atomic E-state index is 12.2. The molecule has 3 aromatic carbocycles. The number of aromatic carboxylic acids is 1. The first-order chi connectivity index (χ1) is 23.6. The number of nitrogens with one attached hydrogen (secondary N) is 2. The van der Waals surface area contributed by atoms with Gasteiger partial charge in [0, 0.05) is 30.7 Å². The maximum absolute atomic E-state index is 12.2. The molecular formula is C24H26N2O3. The fourth-order valence-electron chi connectivity index (χ4n) is 1.88. The summed E-state index contributed by atoms with van der Waals surface area (Å²) in [6, 6.07) is -13.3. The fourth-order valence-corrected chi connectivity index (χ4v) is 1.88. The average molecular weight is 414 g/mol. The van der Waals surface area contributed by atoms with Crippen molar-refractivity contribution in [1.82, 2.24) is 5.31 Å². The van der Waals surface area contributed by atoms with Crippen molar-refractivity contribution >= 4 is 11.7 Å². The summed E-state index contributed by atoms with van der Waals surface area (Å²) in [4.78, 5) is 12.2. The van der Waals surface area contributed by atoms with Crippen LogP contribution in [0.4, 0.5) is 5.69 Å². The zero-order valence-electron chi connectivity index (χ0n) is 37.6. The number of benzene rings is 3. The third-order valence-corrected chi connectivity index (χ3v) is 3.10. The molecule has 4 N–H and O–H groups in total. The smallest absolute Gasteiger partial charge is 0.335 e. The van der Waals surface area contributed by atoms with Crippen LogP contribution in [-0.4, -0.2) is 37.1 Å². The normalized spacial score (nSPS) is 25.7. The van der Waals surface area contributed by atoms with Crippen LogP contribution in [0.25, 0.3) is 12.6 Å². The quantitative estimate of drug-likeness (QED) is 0.402. The van der Waals surface area contributed by atoms with Crippen LogP contribution in [0.1, 0.15) is 53.6 Å². The van der Waals surface area contributed by atoms with Crippen LogP contribution < -0.4 is 10.6 Å². The van der Waals surface area contributed by atoms with Gasteiger partial charge in [-0.1, -0.05) is 53.9 Å². The molecule has 0 aromatic heterocycles. The third kappa shape index (κ3) is 5.91. The van der Waals surface area contributed by atoms with E-state index in [2.05, 4.69) is 10.2 Å². The van der Waals surface area contributed by atoms with Crippen molar-refractivity contribution in [2.45, 2.75) is 13.0 Å². The van der Waals surface area contributed by atoms with E-state index < -0.39 is 148 Å². The van der Waals surface area contributed by atoms with Crippen LogP contribution in [-0.2, 0) is 0 Å². The fraction of sp³-hybridized carbons (Fsp3) is 0.208. The lowest BCUT2D eigenvalue weighted by molar-refractivity contribution is 0.0697. The molecule has 0 aliphatic carbocycles. The van der Waals surface area contributed by atoms with Crippen LogP contribution in [0.15, 0.2) is 72.5 Å². The predicted molar refractivity (Wildman–Crippen MR) is 116 cm³/mol. The minimum absolute atomic E-state index is 0.399. The Labute approximate surface area is 203 Å². The van der Waals surface area contributed by atoms with Crippen molar-refractivity contribution < 1.29 is 43.9 Å². The molecule has 0 aliphatic heterocycles. The molecule has 0 heterocycles. The summed E-state index contributed by atoms with van der Waals surface area (Å²) in [5, 5.41) is 6.43. The maximum Gasteiger partial charge on any atom is 0.335 e. The zero-order chi connectivity index (χ0) is 40.5.